The summed E-state index contributed by atoms with van der Waals surface area (Å²) in [4.78, 5) is 2.06. The van der Waals surface area contributed by atoms with Crippen molar-refractivity contribution in [3.05, 3.63) is 60.7 Å². The highest BCUT2D eigenvalue weighted by Gasteiger charge is 2.13. The van der Waals surface area contributed by atoms with E-state index in [0.29, 0.717) is 6.61 Å². The summed E-state index contributed by atoms with van der Waals surface area (Å²) in [5.41, 5.74) is 0. The molecule has 0 bridgehead atoms. The number of rotatable bonds is 6. The minimum absolute atomic E-state index is 0.663. The molecule has 0 spiro atoms. The van der Waals surface area contributed by atoms with Gasteiger partial charge in [-0.3, -0.25) is 4.90 Å². The van der Waals surface area contributed by atoms with Gasteiger partial charge in [0.1, 0.15) is 0 Å². The van der Waals surface area contributed by atoms with Crippen LogP contribution < -0.4 is 10.6 Å². The zero-order chi connectivity index (χ0) is 15.6. The third-order valence-electron chi connectivity index (χ3n) is 2.95. The first-order valence-corrected chi connectivity index (χ1v) is 8.67. The molecule has 0 heterocycles. The summed E-state index contributed by atoms with van der Waals surface area (Å²) in [6.45, 7) is 1.46. The molecule has 0 saturated carbocycles. The van der Waals surface area contributed by atoms with E-state index in [4.69, 9.17) is 4.52 Å². The largest absolute Gasteiger partial charge is 0.349 e. The molecule has 0 fully saturated rings. The summed E-state index contributed by atoms with van der Waals surface area (Å²) in [6.07, 6.45) is 0.770. The quantitative estimate of drug-likeness (QED) is 0.462. The lowest BCUT2D eigenvalue weighted by Crippen LogP contribution is -2.14. The first-order valence-electron chi connectivity index (χ1n) is 7.41. The molecule has 0 aliphatic carbocycles. The Morgan fingerprint density at radius 2 is 1.41 bits per heavy atom. The van der Waals surface area contributed by atoms with Crippen LogP contribution in [0.15, 0.2) is 60.7 Å². The van der Waals surface area contributed by atoms with Crippen molar-refractivity contribution in [3.63, 3.8) is 0 Å². The van der Waals surface area contributed by atoms with Crippen LogP contribution in [-0.4, -0.2) is 32.1 Å². The maximum absolute atomic E-state index is 6.17. The Labute approximate surface area is 135 Å². The van der Waals surface area contributed by atoms with E-state index in [1.165, 1.54) is 10.6 Å². The van der Waals surface area contributed by atoms with Crippen molar-refractivity contribution in [3.8, 4) is 11.8 Å². The fourth-order valence-corrected chi connectivity index (χ4v) is 3.67. The van der Waals surface area contributed by atoms with Gasteiger partial charge in [-0.1, -0.05) is 72.5 Å². The van der Waals surface area contributed by atoms with Gasteiger partial charge in [0.15, 0.2) is 0 Å². The van der Waals surface area contributed by atoms with Crippen molar-refractivity contribution in [1.82, 2.24) is 4.90 Å². The standard InChI is InChI=1S/C19H22NOP/c1-20(2)16-10-5-11-17-21-22(18-12-6-3-7-13-18)19-14-8-4-9-15-19/h3-4,6-9,12-15H,11,16-17H2,1-2H3. The first-order chi connectivity index (χ1) is 10.8. The molecule has 0 radical (unpaired) electrons. The minimum atomic E-state index is -0.762. The molecule has 2 nitrogen and oxygen atoms in total. The summed E-state index contributed by atoms with van der Waals surface area (Å²) in [6, 6.07) is 20.9. The summed E-state index contributed by atoms with van der Waals surface area (Å²) in [5.74, 6) is 6.31. The molecule has 0 unspecified atom stereocenters. The average Bonchev–Trinajstić information content (AvgIpc) is 2.55. The van der Waals surface area contributed by atoms with Gasteiger partial charge in [0, 0.05) is 17.0 Å². The van der Waals surface area contributed by atoms with Crippen LogP contribution in [0.3, 0.4) is 0 Å². The molecule has 114 valence electrons. The summed E-state index contributed by atoms with van der Waals surface area (Å²) in [5, 5.41) is 2.48. The van der Waals surface area contributed by atoms with Crippen LogP contribution in [0.5, 0.6) is 0 Å². The van der Waals surface area contributed by atoms with E-state index in [-0.39, 0.29) is 0 Å². The van der Waals surface area contributed by atoms with Crippen molar-refractivity contribution >= 4 is 18.8 Å². The fourth-order valence-electron chi connectivity index (χ4n) is 1.92. The first kappa shape index (κ1) is 16.7. The van der Waals surface area contributed by atoms with Crippen LogP contribution in [0.4, 0.5) is 0 Å². The molecular weight excluding hydrogens is 289 g/mol. The molecule has 2 rings (SSSR count). The predicted octanol–water partition coefficient (Wildman–Crippen LogP) is 3.01. The van der Waals surface area contributed by atoms with Crippen LogP contribution >= 0.6 is 8.15 Å². The Bertz CT molecular complexity index is 562. The Morgan fingerprint density at radius 1 is 0.864 bits per heavy atom. The molecule has 0 atom stereocenters. The topological polar surface area (TPSA) is 12.5 Å². The Balaban J connectivity index is 1.99. The summed E-state index contributed by atoms with van der Waals surface area (Å²) in [7, 11) is 3.28. The molecule has 2 aromatic carbocycles. The van der Waals surface area contributed by atoms with E-state index in [1.807, 2.05) is 26.2 Å². The monoisotopic (exact) mass is 311 g/mol. The third-order valence-corrected chi connectivity index (χ3v) is 4.92. The SMILES string of the molecule is CN(C)CC#CCCOP(c1ccccc1)c1ccccc1. The second-order valence-electron chi connectivity index (χ2n) is 5.14. The van der Waals surface area contributed by atoms with E-state index in [0.717, 1.165) is 13.0 Å². The van der Waals surface area contributed by atoms with Gasteiger partial charge in [-0.25, -0.2) is 0 Å². The Hall–Kier alpha value is -1.65. The average molecular weight is 311 g/mol. The van der Waals surface area contributed by atoms with Crippen molar-refractivity contribution < 1.29 is 4.52 Å². The lowest BCUT2D eigenvalue weighted by molar-refractivity contribution is 0.372. The van der Waals surface area contributed by atoms with E-state index >= 15 is 0 Å². The van der Waals surface area contributed by atoms with Gasteiger partial charge in [0.2, 0.25) is 0 Å². The third kappa shape index (κ3) is 5.62. The lowest BCUT2D eigenvalue weighted by Gasteiger charge is -2.17. The van der Waals surface area contributed by atoms with E-state index in [9.17, 15) is 0 Å². The number of nitrogens with zero attached hydrogens (tertiary/aromatic N) is 1. The van der Waals surface area contributed by atoms with Crippen LogP contribution in [0, 0.1) is 11.8 Å². The van der Waals surface area contributed by atoms with Crippen LogP contribution in [-0.2, 0) is 4.52 Å². The molecule has 2 aromatic rings. The van der Waals surface area contributed by atoms with Gasteiger partial charge < -0.3 is 4.52 Å². The van der Waals surface area contributed by atoms with Gasteiger partial charge in [0.25, 0.3) is 0 Å². The second kappa shape index (κ2) is 9.38. The zero-order valence-corrected chi connectivity index (χ0v) is 14.1. The van der Waals surface area contributed by atoms with Crippen LogP contribution in [0.2, 0.25) is 0 Å². The Morgan fingerprint density at radius 3 is 1.91 bits per heavy atom. The van der Waals surface area contributed by atoms with Crippen molar-refractivity contribution in [2.24, 2.45) is 0 Å². The van der Waals surface area contributed by atoms with Crippen LogP contribution in [0.1, 0.15) is 6.42 Å². The molecule has 0 aliphatic heterocycles. The number of hydrogen-bond donors (Lipinski definition) is 0. The molecule has 0 aliphatic rings. The minimum Gasteiger partial charge on any atom is -0.349 e. The molecule has 0 amide bonds. The molecule has 22 heavy (non-hydrogen) atoms. The van der Waals surface area contributed by atoms with Crippen molar-refractivity contribution in [2.75, 3.05) is 27.2 Å². The smallest absolute Gasteiger partial charge is 0.0917 e. The summed E-state index contributed by atoms with van der Waals surface area (Å²) < 4.78 is 6.17. The number of benzene rings is 2. The normalized spacial score (nSPS) is 10.5. The highest BCUT2D eigenvalue weighted by Crippen LogP contribution is 2.34. The van der Waals surface area contributed by atoms with Gasteiger partial charge in [0.05, 0.1) is 21.3 Å². The highest BCUT2D eigenvalue weighted by atomic mass is 31.1. The predicted molar refractivity (Wildman–Crippen MR) is 96.0 cm³/mol. The van der Waals surface area contributed by atoms with Crippen LogP contribution in [0.25, 0.3) is 0 Å². The van der Waals surface area contributed by atoms with Gasteiger partial charge >= 0.3 is 0 Å². The van der Waals surface area contributed by atoms with Gasteiger partial charge in [-0.05, 0) is 14.1 Å². The summed E-state index contributed by atoms with van der Waals surface area (Å²) >= 11 is 0. The van der Waals surface area contributed by atoms with Crippen molar-refractivity contribution in [2.45, 2.75) is 6.42 Å². The molecule has 0 aromatic heterocycles. The maximum Gasteiger partial charge on any atom is 0.0917 e. The Kier molecular flexibility index (Phi) is 7.13. The molecule has 0 N–H and O–H groups in total. The van der Waals surface area contributed by atoms with Gasteiger partial charge in [-0.15, -0.1) is 0 Å². The maximum atomic E-state index is 6.17. The van der Waals surface area contributed by atoms with E-state index in [2.05, 4.69) is 65.3 Å². The fraction of sp³-hybridized carbons (Fsp3) is 0.263. The zero-order valence-electron chi connectivity index (χ0n) is 13.2. The highest BCUT2D eigenvalue weighted by molar-refractivity contribution is 7.68. The molecule has 0 saturated heterocycles. The number of hydrogen-bond acceptors (Lipinski definition) is 2. The second-order valence-corrected chi connectivity index (χ2v) is 7.02. The molecular formula is C19H22NOP. The molecule has 3 heteroatoms. The van der Waals surface area contributed by atoms with E-state index < -0.39 is 8.15 Å². The van der Waals surface area contributed by atoms with Crippen molar-refractivity contribution in [1.29, 1.82) is 0 Å². The van der Waals surface area contributed by atoms with E-state index in [1.54, 1.807) is 0 Å². The lowest BCUT2D eigenvalue weighted by atomic mass is 10.4. The van der Waals surface area contributed by atoms with Gasteiger partial charge in [-0.2, -0.15) is 0 Å².